The minimum Gasteiger partial charge on any atom is -0.465 e. The van der Waals surface area contributed by atoms with Gasteiger partial charge in [0.25, 0.3) is 0 Å². The molecule has 0 amide bonds. The van der Waals surface area contributed by atoms with Gasteiger partial charge in [-0.2, -0.15) is 0 Å². The number of carbonyl (C=O) groups excluding carboxylic acids is 1. The highest BCUT2D eigenvalue weighted by Crippen LogP contribution is 2.19. The molecule has 0 fully saturated rings. The average Bonchev–Trinajstić information content (AvgIpc) is 2.45. The molecule has 0 bridgehead atoms. The lowest BCUT2D eigenvalue weighted by Crippen LogP contribution is -2.18. The molecule has 0 heterocycles. The number of esters is 1. The van der Waals surface area contributed by atoms with Crippen LogP contribution in [0.1, 0.15) is 84.5 Å². The van der Waals surface area contributed by atoms with Crippen molar-refractivity contribution in [3.8, 4) is 0 Å². The maximum Gasteiger partial charge on any atom is 0.308 e. The summed E-state index contributed by atoms with van der Waals surface area (Å²) in [5.41, 5.74) is -0.781. The standard InChI is InChI=1S/C17H33ClO3/c1-3-5-7-8-12-15(11-6-4-2)17(20)21-14-10-9-13-16(18)19/h15-16,19H,3-14H2,1-2H3. The first-order chi connectivity index (χ1) is 10.1. The Bertz CT molecular complexity index is 244. The topological polar surface area (TPSA) is 46.5 Å². The van der Waals surface area contributed by atoms with Gasteiger partial charge in [-0.3, -0.25) is 4.79 Å². The Morgan fingerprint density at radius 2 is 1.57 bits per heavy atom. The Morgan fingerprint density at radius 1 is 0.952 bits per heavy atom. The number of hydrogen-bond acceptors (Lipinski definition) is 3. The average molecular weight is 321 g/mol. The molecule has 2 atom stereocenters. The molecule has 2 unspecified atom stereocenters. The number of rotatable bonds is 14. The zero-order valence-corrected chi connectivity index (χ0v) is 14.5. The monoisotopic (exact) mass is 320 g/mol. The van der Waals surface area contributed by atoms with Crippen molar-refractivity contribution in [1.82, 2.24) is 0 Å². The molecule has 0 spiro atoms. The van der Waals surface area contributed by atoms with Gasteiger partial charge in [-0.1, -0.05) is 64.0 Å². The van der Waals surface area contributed by atoms with Crippen LogP contribution >= 0.6 is 11.6 Å². The van der Waals surface area contributed by atoms with Crippen molar-refractivity contribution in [2.75, 3.05) is 6.61 Å². The van der Waals surface area contributed by atoms with E-state index in [0.29, 0.717) is 13.0 Å². The number of aliphatic hydroxyl groups excluding tert-OH is 1. The second-order valence-corrected chi connectivity index (χ2v) is 6.29. The van der Waals surface area contributed by atoms with Gasteiger partial charge >= 0.3 is 5.97 Å². The fraction of sp³-hybridized carbons (Fsp3) is 0.941. The zero-order valence-electron chi connectivity index (χ0n) is 13.8. The molecule has 0 saturated heterocycles. The second-order valence-electron chi connectivity index (χ2n) is 5.79. The van der Waals surface area contributed by atoms with Crippen LogP contribution in [0, 0.1) is 5.92 Å². The van der Waals surface area contributed by atoms with E-state index >= 15 is 0 Å². The number of alkyl halides is 1. The van der Waals surface area contributed by atoms with Crippen LogP contribution in [-0.2, 0) is 9.53 Å². The molecule has 0 radical (unpaired) electrons. The molecule has 4 heteroatoms. The molecule has 0 aromatic heterocycles. The molecule has 1 N–H and O–H groups in total. The minimum absolute atomic E-state index is 0.0358. The van der Waals surface area contributed by atoms with Crippen LogP contribution in [0.5, 0.6) is 0 Å². The van der Waals surface area contributed by atoms with Crippen LogP contribution in [0.2, 0.25) is 0 Å². The first kappa shape index (κ1) is 20.7. The van der Waals surface area contributed by atoms with Crippen LogP contribution in [0.3, 0.4) is 0 Å². The van der Waals surface area contributed by atoms with Crippen LogP contribution in [0.15, 0.2) is 0 Å². The first-order valence-electron chi connectivity index (χ1n) is 8.60. The summed E-state index contributed by atoms with van der Waals surface area (Å²) in [6.07, 6.45) is 11.0. The normalized spacial score (nSPS) is 13.9. The van der Waals surface area contributed by atoms with Gasteiger partial charge in [0, 0.05) is 0 Å². The third-order valence-electron chi connectivity index (χ3n) is 3.73. The molecule has 0 aliphatic carbocycles. The van der Waals surface area contributed by atoms with Gasteiger partial charge in [-0.15, -0.1) is 0 Å². The van der Waals surface area contributed by atoms with Crippen molar-refractivity contribution < 1.29 is 14.6 Å². The smallest absolute Gasteiger partial charge is 0.308 e. The van der Waals surface area contributed by atoms with Crippen molar-refractivity contribution in [1.29, 1.82) is 0 Å². The predicted molar refractivity (Wildman–Crippen MR) is 88.4 cm³/mol. The van der Waals surface area contributed by atoms with E-state index < -0.39 is 5.56 Å². The maximum absolute atomic E-state index is 12.1. The lowest BCUT2D eigenvalue weighted by Gasteiger charge is -2.15. The van der Waals surface area contributed by atoms with E-state index in [1.165, 1.54) is 19.3 Å². The molecule has 3 nitrogen and oxygen atoms in total. The number of aliphatic hydroxyl groups is 1. The van der Waals surface area contributed by atoms with Gasteiger partial charge in [-0.05, 0) is 32.1 Å². The molecule has 0 saturated carbocycles. The van der Waals surface area contributed by atoms with Gasteiger partial charge in [0.15, 0.2) is 0 Å². The Balaban J connectivity index is 3.89. The second kappa shape index (κ2) is 14.6. The van der Waals surface area contributed by atoms with E-state index in [2.05, 4.69) is 13.8 Å². The van der Waals surface area contributed by atoms with Crippen molar-refractivity contribution >= 4 is 17.6 Å². The maximum atomic E-state index is 12.1. The van der Waals surface area contributed by atoms with E-state index in [-0.39, 0.29) is 11.9 Å². The summed E-state index contributed by atoms with van der Waals surface area (Å²) in [7, 11) is 0. The van der Waals surface area contributed by atoms with E-state index in [1.54, 1.807) is 0 Å². The summed E-state index contributed by atoms with van der Waals surface area (Å²) in [6, 6.07) is 0. The fourth-order valence-corrected chi connectivity index (χ4v) is 2.51. The van der Waals surface area contributed by atoms with E-state index in [1.807, 2.05) is 0 Å². The van der Waals surface area contributed by atoms with Crippen LogP contribution < -0.4 is 0 Å². The van der Waals surface area contributed by atoms with Gasteiger partial charge in [0.05, 0.1) is 12.5 Å². The summed E-state index contributed by atoms with van der Waals surface area (Å²) in [4.78, 5) is 12.1. The highest BCUT2D eigenvalue weighted by atomic mass is 35.5. The number of carbonyl (C=O) groups is 1. The van der Waals surface area contributed by atoms with Crippen molar-refractivity contribution in [3.63, 3.8) is 0 Å². The molecule has 0 rings (SSSR count). The highest BCUT2D eigenvalue weighted by molar-refractivity contribution is 6.19. The summed E-state index contributed by atoms with van der Waals surface area (Å²) >= 11 is 5.46. The SMILES string of the molecule is CCCCCCC(CCCC)C(=O)OCCCCC(O)Cl. The third kappa shape index (κ3) is 13.1. The highest BCUT2D eigenvalue weighted by Gasteiger charge is 2.18. The summed E-state index contributed by atoms with van der Waals surface area (Å²) in [5.74, 6) is 0.0341. The van der Waals surface area contributed by atoms with Crippen LogP contribution in [-0.4, -0.2) is 23.2 Å². The number of unbranched alkanes of at least 4 members (excludes halogenated alkanes) is 5. The zero-order chi connectivity index (χ0) is 15.9. The molecular formula is C17H33ClO3. The minimum atomic E-state index is -0.781. The summed E-state index contributed by atoms with van der Waals surface area (Å²) in [6.45, 7) is 4.79. The van der Waals surface area contributed by atoms with Crippen molar-refractivity contribution in [2.45, 2.75) is 90.0 Å². The molecule has 0 aromatic rings. The lowest BCUT2D eigenvalue weighted by atomic mass is 9.95. The third-order valence-corrected chi connectivity index (χ3v) is 3.94. The fourth-order valence-electron chi connectivity index (χ4n) is 2.35. The Kier molecular flexibility index (Phi) is 14.5. The molecular weight excluding hydrogens is 288 g/mol. The largest absolute Gasteiger partial charge is 0.465 e. The number of halogens is 1. The molecule has 0 aromatic carbocycles. The Morgan fingerprint density at radius 3 is 2.19 bits per heavy atom. The number of ether oxygens (including phenoxy) is 1. The quantitative estimate of drug-likeness (QED) is 0.277. The number of hydrogen-bond donors (Lipinski definition) is 1. The predicted octanol–water partition coefficient (Wildman–Crippen LogP) is 5.03. The van der Waals surface area contributed by atoms with Crippen molar-refractivity contribution in [2.24, 2.45) is 5.92 Å². The van der Waals surface area contributed by atoms with Crippen molar-refractivity contribution in [3.05, 3.63) is 0 Å². The van der Waals surface area contributed by atoms with Gasteiger partial charge in [0.2, 0.25) is 0 Å². The van der Waals surface area contributed by atoms with Gasteiger partial charge in [-0.25, -0.2) is 0 Å². The molecule has 21 heavy (non-hydrogen) atoms. The molecule has 126 valence electrons. The lowest BCUT2D eigenvalue weighted by molar-refractivity contribution is -0.149. The first-order valence-corrected chi connectivity index (χ1v) is 9.04. The van der Waals surface area contributed by atoms with E-state index in [9.17, 15) is 4.79 Å². The molecule has 0 aliphatic heterocycles. The van der Waals surface area contributed by atoms with E-state index in [0.717, 1.165) is 44.9 Å². The summed E-state index contributed by atoms with van der Waals surface area (Å²) < 4.78 is 5.38. The molecule has 0 aliphatic rings. The van der Waals surface area contributed by atoms with Crippen LogP contribution in [0.25, 0.3) is 0 Å². The van der Waals surface area contributed by atoms with Gasteiger partial charge in [0.1, 0.15) is 5.56 Å². The Hall–Kier alpha value is -0.280. The van der Waals surface area contributed by atoms with Crippen LogP contribution in [0.4, 0.5) is 0 Å². The van der Waals surface area contributed by atoms with E-state index in [4.69, 9.17) is 21.4 Å². The Labute approximate surface area is 135 Å². The summed E-state index contributed by atoms with van der Waals surface area (Å²) in [5, 5.41) is 8.94. The van der Waals surface area contributed by atoms with Gasteiger partial charge < -0.3 is 9.84 Å².